The third-order valence-corrected chi connectivity index (χ3v) is 3.38. The molecule has 1 aromatic heterocycles. The second kappa shape index (κ2) is 5.46. The standard InChI is InChI=1S/C15H17N3O2/c1-2-20-13-6-4-3-5-10(13)14-17-12-7-8-16-9-11(12)15(19)18-14/h3-6,16H,2,7-9H2,1H3,(H,17,18,19). The number of H-pyrrole nitrogens is 1. The van der Waals surface area contributed by atoms with Crippen molar-refractivity contribution in [3.05, 3.63) is 45.9 Å². The lowest BCUT2D eigenvalue weighted by Crippen LogP contribution is -2.31. The van der Waals surface area contributed by atoms with Crippen molar-refractivity contribution in [1.29, 1.82) is 0 Å². The molecule has 1 aliphatic rings. The molecule has 0 bridgehead atoms. The SMILES string of the molecule is CCOc1ccccc1-c1nc2c(c(=O)[nH]1)CNCC2. The summed E-state index contributed by atoms with van der Waals surface area (Å²) in [5.74, 6) is 1.33. The Morgan fingerprint density at radius 1 is 1.35 bits per heavy atom. The summed E-state index contributed by atoms with van der Waals surface area (Å²) in [5.41, 5.74) is 2.39. The number of para-hydroxylation sites is 1. The van der Waals surface area contributed by atoms with Crippen LogP contribution in [0.3, 0.4) is 0 Å². The van der Waals surface area contributed by atoms with Gasteiger partial charge in [-0.25, -0.2) is 4.98 Å². The fourth-order valence-electron chi connectivity index (χ4n) is 2.42. The Morgan fingerprint density at radius 3 is 3.05 bits per heavy atom. The normalized spacial score (nSPS) is 13.8. The van der Waals surface area contributed by atoms with Crippen molar-refractivity contribution >= 4 is 0 Å². The zero-order valence-electron chi connectivity index (χ0n) is 11.4. The summed E-state index contributed by atoms with van der Waals surface area (Å²) in [6, 6.07) is 7.63. The highest BCUT2D eigenvalue weighted by molar-refractivity contribution is 5.64. The first-order valence-corrected chi connectivity index (χ1v) is 6.84. The molecule has 0 radical (unpaired) electrons. The fraction of sp³-hybridized carbons (Fsp3) is 0.333. The smallest absolute Gasteiger partial charge is 0.255 e. The molecule has 0 saturated heterocycles. The number of hydrogen-bond acceptors (Lipinski definition) is 4. The van der Waals surface area contributed by atoms with Gasteiger partial charge in [-0.2, -0.15) is 0 Å². The Morgan fingerprint density at radius 2 is 2.20 bits per heavy atom. The molecule has 20 heavy (non-hydrogen) atoms. The molecule has 3 rings (SSSR count). The van der Waals surface area contributed by atoms with E-state index < -0.39 is 0 Å². The maximum absolute atomic E-state index is 12.2. The summed E-state index contributed by atoms with van der Waals surface area (Å²) in [7, 11) is 0. The summed E-state index contributed by atoms with van der Waals surface area (Å²) in [6.07, 6.45) is 0.781. The predicted molar refractivity (Wildman–Crippen MR) is 76.9 cm³/mol. The van der Waals surface area contributed by atoms with Gasteiger partial charge in [-0.3, -0.25) is 4.79 Å². The average Bonchev–Trinajstić information content (AvgIpc) is 2.48. The number of benzene rings is 1. The number of nitrogens with one attached hydrogen (secondary N) is 2. The third-order valence-electron chi connectivity index (χ3n) is 3.38. The lowest BCUT2D eigenvalue weighted by molar-refractivity contribution is 0.341. The first-order chi connectivity index (χ1) is 9.79. The van der Waals surface area contributed by atoms with E-state index in [4.69, 9.17) is 4.74 Å². The van der Waals surface area contributed by atoms with Gasteiger partial charge in [-0.1, -0.05) is 12.1 Å². The summed E-state index contributed by atoms with van der Waals surface area (Å²) in [6.45, 7) is 3.96. The van der Waals surface area contributed by atoms with Crippen molar-refractivity contribution in [2.24, 2.45) is 0 Å². The maximum atomic E-state index is 12.2. The van der Waals surface area contributed by atoms with Crippen molar-refractivity contribution in [2.75, 3.05) is 13.2 Å². The highest BCUT2D eigenvalue weighted by Crippen LogP contribution is 2.27. The van der Waals surface area contributed by atoms with Crippen LogP contribution >= 0.6 is 0 Å². The van der Waals surface area contributed by atoms with Crippen LogP contribution in [0.2, 0.25) is 0 Å². The van der Waals surface area contributed by atoms with Crippen LogP contribution in [0.25, 0.3) is 11.4 Å². The Kier molecular flexibility index (Phi) is 3.52. The van der Waals surface area contributed by atoms with Crippen molar-refractivity contribution in [1.82, 2.24) is 15.3 Å². The van der Waals surface area contributed by atoms with E-state index >= 15 is 0 Å². The second-order valence-electron chi connectivity index (χ2n) is 4.70. The summed E-state index contributed by atoms with van der Waals surface area (Å²) in [4.78, 5) is 19.6. The van der Waals surface area contributed by atoms with Crippen LogP contribution < -0.4 is 15.6 Å². The molecule has 0 spiro atoms. The molecule has 2 N–H and O–H groups in total. The van der Waals surface area contributed by atoms with E-state index in [0.717, 1.165) is 35.5 Å². The Hall–Kier alpha value is -2.14. The molecule has 104 valence electrons. The topological polar surface area (TPSA) is 67.0 Å². The molecule has 1 aliphatic heterocycles. The molecule has 0 fully saturated rings. The van der Waals surface area contributed by atoms with Crippen molar-refractivity contribution in [2.45, 2.75) is 19.9 Å². The lowest BCUT2D eigenvalue weighted by Gasteiger charge is -2.16. The van der Waals surface area contributed by atoms with Gasteiger partial charge in [0.25, 0.3) is 5.56 Å². The molecule has 1 aromatic carbocycles. The number of ether oxygens (including phenoxy) is 1. The molecule has 5 heteroatoms. The van der Waals surface area contributed by atoms with Crippen LogP contribution in [-0.2, 0) is 13.0 Å². The van der Waals surface area contributed by atoms with Gasteiger partial charge >= 0.3 is 0 Å². The van der Waals surface area contributed by atoms with E-state index in [0.29, 0.717) is 19.0 Å². The van der Waals surface area contributed by atoms with Crippen LogP contribution in [0.4, 0.5) is 0 Å². The van der Waals surface area contributed by atoms with E-state index in [1.807, 2.05) is 31.2 Å². The fourth-order valence-corrected chi connectivity index (χ4v) is 2.42. The predicted octanol–water partition coefficient (Wildman–Crippen LogP) is 1.48. The summed E-state index contributed by atoms with van der Waals surface area (Å²) in [5, 5.41) is 3.19. The van der Waals surface area contributed by atoms with E-state index in [1.165, 1.54) is 0 Å². The molecule has 5 nitrogen and oxygen atoms in total. The molecule has 0 amide bonds. The number of hydrogen-bond donors (Lipinski definition) is 2. The van der Waals surface area contributed by atoms with Gasteiger partial charge in [0, 0.05) is 19.5 Å². The highest BCUT2D eigenvalue weighted by Gasteiger charge is 2.17. The number of fused-ring (bicyclic) bond motifs is 1. The largest absolute Gasteiger partial charge is 0.493 e. The second-order valence-corrected chi connectivity index (χ2v) is 4.70. The number of rotatable bonds is 3. The molecular formula is C15H17N3O2. The molecular weight excluding hydrogens is 254 g/mol. The van der Waals surface area contributed by atoms with Crippen LogP contribution in [0.5, 0.6) is 5.75 Å². The summed E-state index contributed by atoms with van der Waals surface area (Å²) < 4.78 is 5.60. The first-order valence-electron chi connectivity index (χ1n) is 6.84. The molecule has 0 unspecified atom stereocenters. The van der Waals surface area contributed by atoms with Crippen LogP contribution in [0, 0.1) is 0 Å². The quantitative estimate of drug-likeness (QED) is 0.887. The zero-order chi connectivity index (χ0) is 13.9. The van der Waals surface area contributed by atoms with E-state index in [1.54, 1.807) is 0 Å². The first kappa shape index (κ1) is 12.9. The van der Waals surface area contributed by atoms with Crippen LogP contribution in [-0.4, -0.2) is 23.1 Å². The Balaban J connectivity index is 2.11. The molecule has 0 saturated carbocycles. The van der Waals surface area contributed by atoms with Crippen molar-refractivity contribution in [3.63, 3.8) is 0 Å². The van der Waals surface area contributed by atoms with E-state index in [-0.39, 0.29) is 5.56 Å². The zero-order valence-corrected chi connectivity index (χ0v) is 11.4. The molecule has 2 aromatic rings. The average molecular weight is 271 g/mol. The van der Waals surface area contributed by atoms with E-state index in [2.05, 4.69) is 15.3 Å². The van der Waals surface area contributed by atoms with E-state index in [9.17, 15) is 4.79 Å². The Bertz CT molecular complexity index is 679. The van der Waals surface area contributed by atoms with Crippen LogP contribution in [0.1, 0.15) is 18.2 Å². The van der Waals surface area contributed by atoms with Gasteiger partial charge in [0.1, 0.15) is 11.6 Å². The lowest BCUT2D eigenvalue weighted by atomic mass is 10.1. The highest BCUT2D eigenvalue weighted by atomic mass is 16.5. The molecule has 0 aliphatic carbocycles. The number of aromatic nitrogens is 2. The minimum absolute atomic E-state index is 0.0662. The third kappa shape index (κ3) is 2.32. The van der Waals surface area contributed by atoms with Crippen molar-refractivity contribution in [3.8, 4) is 17.1 Å². The minimum Gasteiger partial charge on any atom is -0.493 e. The monoisotopic (exact) mass is 271 g/mol. The minimum atomic E-state index is -0.0662. The Labute approximate surface area is 117 Å². The summed E-state index contributed by atoms with van der Waals surface area (Å²) >= 11 is 0. The van der Waals surface area contributed by atoms with Gasteiger partial charge in [-0.15, -0.1) is 0 Å². The number of nitrogens with zero attached hydrogens (tertiary/aromatic N) is 1. The van der Waals surface area contributed by atoms with Gasteiger partial charge in [0.15, 0.2) is 0 Å². The van der Waals surface area contributed by atoms with Gasteiger partial charge in [0.05, 0.1) is 23.4 Å². The van der Waals surface area contributed by atoms with Gasteiger partial charge in [-0.05, 0) is 19.1 Å². The van der Waals surface area contributed by atoms with Crippen LogP contribution in [0.15, 0.2) is 29.1 Å². The maximum Gasteiger partial charge on any atom is 0.255 e. The van der Waals surface area contributed by atoms with Gasteiger partial charge in [0.2, 0.25) is 0 Å². The number of aromatic amines is 1. The molecule has 0 atom stereocenters. The van der Waals surface area contributed by atoms with Gasteiger partial charge < -0.3 is 15.0 Å². The van der Waals surface area contributed by atoms with Crippen molar-refractivity contribution < 1.29 is 4.74 Å². The molecule has 2 heterocycles.